The molecule has 0 aromatic carbocycles. The van der Waals surface area contributed by atoms with Gasteiger partial charge in [-0.2, -0.15) is 0 Å². The van der Waals surface area contributed by atoms with Gasteiger partial charge in [-0.25, -0.2) is 0 Å². The molecule has 76 valence electrons. The van der Waals surface area contributed by atoms with Crippen molar-refractivity contribution in [3.8, 4) is 0 Å². The maximum absolute atomic E-state index is 11.0. The van der Waals surface area contributed by atoms with Gasteiger partial charge in [-0.15, -0.1) is 11.3 Å². The molecule has 2 atom stereocenters. The second-order valence-corrected chi connectivity index (χ2v) is 5.37. The first-order chi connectivity index (χ1) is 6.68. The first kappa shape index (κ1) is 9.99. The number of halogens is 1. The van der Waals surface area contributed by atoms with Crippen molar-refractivity contribution in [2.45, 2.75) is 25.2 Å². The van der Waals surface area contributed by atoms with Gasteiger partial charge in [0.2, 0.25) is 0 Å². The first-order valence-corrected chi connectivity index (χ1v) is 5.86. The van der Waals surface area contributed by atoms with Crippen LogP contribution in [0.25, 0.3) is 0 Å². The molecule has 1 N–H and O–H groups in total. The van der Waals surface area contributed by atoms with Gasteiger partial charge in [0.25, 0.3) is 0 Å². The van der Waals surface area contributed by atoms with Crippen molar-refractivity contribution in [3.63, 3.8) is 0 Å². The highest BCUT2D eigenvalue weighted by Crippen LogP contribution is 2.43. The number of rotatable bonds is 2. The molecule has 2 nitrogen and oxygen atoms in total. The number of carboxylic acids is 1. The Bertz CT molecular complexity index is 348. The lowest BCUT2D eigenvalue weighted by molar-refractivity contribution is -0.141. The fraction of sp³-hybridized carbons (Fsp3) is 0.500. The lowest BCUT2D eigenvalue weighted by Gasteiger charge is -2.13. The molecule has 1 aromatic heterocycles. The van der Waals surface area contributed by atoms with Gasteiger partial charge in [0.05, 0.1) is 10.3 Å². The highest BCUT2D eigenvalue weighted by Gasteiger charge is 2.34. The third-order valence-corrected chi connectivity index (χ3v) is 4.16. The zero-order valence-electron chi connectivity index (χ0n) is 7.57. The van der Waals surface area contributed by atoms with Crippen LogP contribution in [0.4, 0.5) is 0 Å². The molecule has 0 spiro atoms. The van der Waals surface area contributed by atoms with Crippen molar-refractivity contribution >= 4 is 28.9 Å². The molecule has 0 amide bonds. The predicted octanol–water partition coefficient (Wildman–Crippen LogP) is 3.37. The Kier molecular flexibility index (Phi) is 2.79. The van der Waals surface area contributed by atoms with Crippen molar-refractivity contribution in [1.29, 1.82) is 0 Å². The van der Waals surface area contributed by atoms with Crippen molar-refractivity contribution in [3.05, 3.63) is 21.3 Å². The number of hydrogen-bond acceptors (Lipinski definition) is 2. The number of thiophene rings is 1. The molecule has 1 saturated carbocycles. The van der Waals surface area contributed by atoms with E-state index in [2.05, 4.69) is 0 Å². The van der Waals surface area contributed by atoms with E-state index >= 15 is 0 Å². The van der Waals surface area contributed by atoms with Crippen molar-refractivity contribution < 1.29 is 9.90 Å². The Morgan fingerprint density at radius 2 is 2.29 bits per heavy atom. The van der Waals surface area contributed by atoms with E-state index in [1.807, 2.05) is 12.1 Å². The fourth-order valence-corrected chi connectivity index (χ4v) is 3.38. The Labute approximate surface area is 91.5 Å². The van der Waals surface area contributed by atoms with Crippen LogP contribution in [-0.4, -0.2) is 11.1 Å². The van der Waals surface area contributed by atoms with Crippen LogP contribution in [0.1, 0.15) is 30.1 Å². The normalized spacial score (nSPS) is 26.6. The van der Waals surface area contributed by atoms with Gasteiger partial charge < -0.3 is 5.11 Å². The van der Waals surface area contributed by atoms with Crippen LogP contribution in [-0.2, 0) is 4.79 Å². The van der Waals surface area contributed by atoms with Crippen LogP contribution in [0.15, 0.2) is 12.1 Å². The van der Waals surface area contributed by atoms with E-state index in [0.29, 0.717) is 0 Å². The van der Waals surface area contributed by atoms with Crippen molar-refractivity contribution in [1.82, 2.24) is 0 Å². The summed E-state index contributed by atoms with van der Waals surface area (Å²) in [6, 6.07) is 3.80. The van der Waals surface area contributed by atoms with Crippen LogP contribution in [0.2, 0.25) is 4.34 Å². The summed E-state index contributed by atoms with van der Waals surface area (Å²) in [5, 5.41) is 9.02. The van der Waals surface area contributed by atoms with Gasteiger partial charge in [0, 0.05) is 10.8 Å². The molecule has 4 heteroatoms. The van der Waals surface area contributed by atoms with Gasteiger partial charge in [0.15, 0.2) is 0 Å². The average molecular weight is 231 g/mol. The predicted molar refractivity (Wildman–Crippen MR) is 57.0 cm³/mol. The van der Waals surface area contributed by atoms with E-state index < -0.39 is 5.97 Å². The lowest BCUT2D eigenvalue weighted by atomic mass is 9.95. The third-order valence-electron chi connectivity index (χ3n) is 2.79. The monoisotopic (exact) mass is 230 g/mol. The molecule has 1 aromatic rings. The van der Waals surface area contributed by atoms with Gasteiger partial charge in [-0.3, -0.25) is 4.79 Å². The molecule has 1 aliphatic carbocycles. The van der Waals surface area contributed by atoms with Crippen LogP contribution in [0.3, 0.4) is 0 Å². The summed E-state index contributed by atoms with van der Waals surface area (Å²) >= 11 is 7.35. The maximum atomic E-state index is 11.0. The quantitative estimate of drug-likeness (QED) is 0.846. The summed E-state index contributed by atoms with van der Waals surface area (Å²) in [5.74, 6) is -0.688. The molecule has 2 rings (SSSR count). The second-order valence-electron chi connectivity index (χ2n) is 3.62. The zero-order valence-corrected chi connectivity index (χ0v) is 9.14. The Morgan fingerprint density at radius 1 is 1.50 bits per heavy atom. The largest absolute Gasteiger partial charge is 0.481 e. The molecular weight excluding hydrogens is 220 g/mol. The van der Waals surface area contributed by atoms with E-state index in [-0.39, 0.29) is 11.8 Å². The van der Waals surface area contributed by atoms with Gasteiger partial charge in [-0.1, -0.05) is 18.0 Å². The van der Waals surface area contributed by atoms with Crippen LogP contribution >= 0.6 is 22.9 Å². The summed E-state index contributed by atoms with van der Waals surface area (Å²) < 4.78 is 0.746. The molecule has 1 aliphatic rings. The van der Waals surface area contributed by atoms with E-state index in [1.54, 1.807) is 0 Å². The summed E-state index contributed by atoms with van der Waals surface area (Å²) in [5.41, 5.74) is 0. The standard InChI is InChI=1S/C10H11ClO2S/c11-9-5-4-8(14-9)6-2-1-3-7(6)10(12)13/h4-7H,1-3H2,(H,12,13). The summed E-state index contributed by atoms with van der Waals surface area (Å²) in [6.45, 7) is 0. The second kappa shape index (κ2) is 3.91. The molecule has 1 heterocycles. The summed E-state index contributed by atoms with van der Waals surface area (Å²) in [7, 11) is 0. The van der Waals surface area contributed by atoms with Gasteiger partial charge >= 0.3 is 5.97 Å². The topological polar surface area (TPSA) is 37.3 Å². The lowest BCUT2D eigenvalue weighted by Crippen LogP contribution is -2.15. The zero-order chi connectivity index (χ0) is 10.1. The molecule has 0 aliphatic heterocycles. The van der Waals surface area contributed by atoms with E-state index in [9.17, 15) is 4.79 Å². The van der Waals surface area contributed by atoms with E-state index in [4.69, 9.17) is 16.7 Å². The number of carbonyl (C=O) groups is 1. The number of aliphatic carboxylic acids is 1. The molecule has 0 saturated heterocycles. The number of hydrogen-bond donors (Lipinski definition) is 1. The Balaban J connectivity index is 2.21. The fourth-order valence-electron chi connectivity index (χ4n) is 2.12. The molecule has 14 heavy (non-hydrogen) atoms. The molecule has 2 unspecified atom stereocenters. The molecule has 1 fully saturated rings. The molecule has 0 radical (unpaired) electrons. The highest BCUT2D eigenvalue weighted by molar-refractivity contribution is 7.16. The van der Waals surface area contributed by atoms with Crippen molar-refractivity contribution in [2.24, 2.45) is 5.92 Å². The summed E-state index contributed by atoms with van der Waals surface area (Å²) in [4.78, 5) is 12.1. The third kappa shape index (κ3) is 1.79. The van der Waals surface area contributed by atoms with Crippen molar-refractivity contribution in [2.75, 3.05) is 0 Å². The SMILES string of the molecule is O=C(O)C1CCCC1c1ccc(Cl)s1. The van der Waals surface area contributed by atoms with Crippen LogP contribution in [0.5, 0.6) is 0 Å². The summed E-state index contributed by atoms with van der Waals surface area (Å²) in [6.07, 6.45) is 2.79. The smallest absolute Gasteiger partial charge is 0.307 e. The minimum Gasteiger partial charge on any atom is -0.481 e. The van der Waals surface area contributed by atoms with Gasteiger partial charge in [0.1, 0.15) is 0 Å². The molecule has 0 bridgehead atoms. The Hall–Kier alpha value is -0.540. The molecular formula is C10H11ClO2S. The number of carboxylic acid groups (broad SMARTS) is 1. The van der Waals surface area contributed by atoms with Crippen LogP contribution in [0, 0.1) is 5.92 Å². The van der Waals surface area contributed by atoms with E-state index in [1.165, 1.54) is 11.3 Å². The Morgan fingerprint density at radius 3 is 2.86 bits per heavy atom. The van der Waals surface area contributed by atoms with Gasteiger partial charge in [-0.05, 0) is 25.0 Å². The first-order valence-electron chi connectivity index (χ1n) is 4.66. The maximum Gasteiger partial charge on any atom is 0.307 e. The minimum absolute atomic E-state index is 0.185. The van der Waals surface area contributed by atoms with E-state index in [0.717, 1.165) is 28.5 Å². The highest BCUT2D eigenvalue weighted by atomic mass is 35.5. The van der Waals surface area contributed by atoms with Crippen LogP contribution < -0.4 is 0 Å². The minimum atomic E-state index is -0.669. The average Bonchev–Trinajstić information content (AvgIpc) is 2.70.